The molecule has 4 rings (SSSR count). The number of amides is 1. The highest BCUT2D eigenvalue weighted by atomic mass is 35.5. The van der Waals surface area contributed by atoms with Gasteiger partial charge in [-0.05, 0) is 37.5 Å². The molecule has 156 valence electrons. The van der Waals surface area contributed by atoms with Crippen LogP contribution < -0.4 is 25.2 Å². The first-order chi connectivity index (χ1) is 12.9. The number of hydrogen-bond donors (Lipinski definition) is 3. The normalized spacial score (nSPS) is 29.0. The fourth-order valence-electron chi connectivity index (χ4n) is 4.68. The number of hydrogen-bond acceptors (Lipinski definition) is 6. The van der Waals surface area contributed by atoms with Gasteiger partial charge in [0.15, 0.2) is 6.61 Å². The number of anilines is 1. The minimum absolute atomic E-state index is 0. The van der Waals surface area contributed by atoms with E-state index in [0.29, 0.717) is 11.4 Å². The number of nitrogens with one attached hydrogen (secondary N) is 2. The number of ether oxygens (including phenoxy) is 2. The number of carbonyl (C=O) groups is 1. The van der Waals surface area contributed by atoms with Crippen LogP contribution in [-0.2, 0) is 14.8 Å². The fraction of sp³-hybridized carbons (Fsp3) is 0.611. The third kappa shape index (κ3) is 3.94. The summed E-state index contributed by atoms with van der Waals surface area (Å²) in [5.41, 5.74) is 6.55. The zero-order valence-corrected chi connectivity index (χ0v) is 17.3. The van der Waals surface area contributed by atoms with E-state index in [1.165, 1.54) is 19.2 Å². The molecule has 1 aliphatic heterocycles. The maximum Gasteiger partial charge on any atom is 0.262 e. The molecule has 2 fully saturated rings. The highest BCUT2D eigenvalue weighted by molar-refractivity contribution is 7.89. The number of fused-ring (bicyclic) bond motifs is 3. The Morgan fingerprint density at radius 2 is 1.93 bits per heavy atom. The zero-order chi connectivity index (χ0) is 19.2. The van der Waals surface area contributed by atoms with E-state index in [4.69, 9.17) is 15.2 Å². The molecule has 28 heavy (non-hydrogen) atoms. The molecule has 0 radical (unpaired) electrons. The van der Waals surface area contributed by atoms with Crippen molar-refractivity contribution >= 4 is 34.0 Å². The van der Waals surface area contributed by atoms with Gasteiger partial charge in [-0.3, -0.25) is 4.79 Å². The maximum absolute atomic E-state index is 13.2. The van der Waals surface area contributed by atoms with Crippen LogP contribution in [0.15, 0.2) is 17.0 Å². The fourth-order valence-corrected chi connectivity index (χ4v) is 6.22. The van der Waals surface area contributed by atoms with Gasteiger partial charge in [0.1, 0.15) is 16.4 Å². The minimum atomic E-state index is -3.82. The molecule has 4 N–H and O–H groups in total. The second-order valence-corrected chi connectivity index (χ2v) is 9.35. The summed E-state index contributed by atoms with van der Waals surface area (Å²) in [4.78, 5) is 11.5. The van der Waals surface area contributed by atoms with E-state index < -0.39 is 10.0 Å². The van der Waals surface area contributed by atoms with Gasteiger partial charge in [-0.25, -0.2) is 13.1 Å². The molecular formula is C18H26ClN3O5S. The van der Waals surface area contributed by atoms with E-state index >= 15 is 0 Å². The Kier molecular flexibility index (Phi) is 6.09. The van der Waals surface area contributed by atoms with Crippen molar-refractivity contribution in [3.8, 4) is 11.5 Å². The summed E-state index contributed by atoms with van der Waals surface area (Å²) in [6.07, 6.45) is 4.80. The third-order valence-electron chi connectivity index (χ3n) is 5.86. The third-order valence-corrected chi connectivity index (χ3v) is 7.34. The molecule has 2 bridgehead atoms. The Balaban J connectivity index is 0.00000225. The highest BCUT2D eigenvalue weighted by Gasteiger charge is 2.41. The van der Waals surface area contributed by atoms with Crippen LogP contribution in [0.25, 0.3) is 0 Å². The molecule has 2 atom stereocenters. The molecule has 10 heteroatoms. The molecule has 1 aromatic carbocycles. The molecule has 0 spiro atoms. The topological polar surface area (TPSA) is 120 Å². The summed E-state index contributed by atoms with van der Waals surface area (Å²) in [5.74, 6) is 0.735. The van der Waals surface area contributed by atoms with Gasteiger partial charge in [0, 0.05) is 24.2 Å². The van der Waals surface area contributed by atoms with Crippen LogP contribution in [0.2, 0.25) is 0 Å². The largest absolute Gasteiger partial charge is 0.495 e. The highest BCUT2D eigenvalue weighted by Crippen LogP contribution is 2.42. The van der Waals surface area contributed by atoms with Gasteiger partial charge in [0.2, 0.25) is 10.0 Å². The van der Waals surface area contributed by atoms with E-state index in [9.17, 15) is 13.2 Å². The van der Waals surface area contributed by atoms with Crippen molar-refractivity contribution < 1.29 is 22.7 Å². The Bertz CT molecular complexity index is 849. The molecule has 0 aromatic heterocycles. The molecule has 0 saturated heterocycles. The molecule has 2 aliphatic carbocycles. The lowest BCUT2D eigenvalue weighted by atomic mass is 9.67. The van der Waals surface area contributed by atoms with Gasteiger partial charge < -0.3 is 20.5 Å². The average Bonchev–Trinajstić information content (AvgIpc) is 2.61. The monoisotopic (exact) mass is 431 g/mol. The van der Waals surface area contributed by atoms with Crippen molar-refractivity contribution in [1.29, 1.82) is 0 Å². The first kappa shape index (κ1) is 21.2. The van der Waals surface area contributed by atoms with Crippen molar-refractivity contribution in [2.24, 2.45) is 17.6 Å². The van der Waals surface area contributed by atoms with Gasteiger partial charge in [-0.1, -0.05) is 6.42 Å². The average molecular weight is 432 g/mol. The lowest BCUT2D eigenvalue weighted by Crippen LogP contribution is -2.53. The molecule has 8 nitrogen and oxygen atoms in total. The number of rotatable bonds is 4. The second-order valence-electron chi connectivity index (χ2n) is 7.67. The molecular weight excluding hydrogens is 406 g/mol. The Morgan fingerprint density at radius 3 is 2.57 bits per heavy atom. The minimum Gasteiger partial charge on any atom is -0.495 e. The van der Waals surface area contributed by atoms with E-state index in [0.717, 1.165) is 32.1 Å². The number of carbonyl (C=O) groups excluding carboxylic acids is 1. The number of nitrogens with two attached hydrogens (primary N) is 1. The summed E-state index contributed by atoms with van der Waals surface area (Å²) in [6.45, 7) is -0.142. The molecule has 1 amide bonds. The van der Waals surface area contributed by atoms with Gasteiger partial charge in [0.05, 0.1) is 12.8 Å². The summed E-state index contributed by atoms with van der Waals surface area (Å²) in [5, 5.41) is 2.66. The molecule has 2 saturated carbocycles. The maximum atomic E-state index is 13.2. The van der Waals surface area contributed by atoms with Crippen LogP contribution in [0.3, 0.4) is 0 Å². The number of halogens is 1. The van der Waals surface area contributed by atoms with Crippen LogP contribution in [0, 0.1) is 11.8 Å². The summed E-state index contributed by atoms with van der Waals surface area (Å²) < 4.78 is 39.9. The van der Waals surface area contributed by atoms with Crippen LogP contribution in [0.1, 0.15) is 32.1 Å². The number of methoxy groups -OCH3 is 1. The van der Waals surface area contributed by atoms with Crippen molar-refractivity contribution in [1.82, 2.24) is 4.72 Å². The molecule has 2 unspecified atom stereocenters. The smallest absolute Gasteiger partial charge is 0.262 e. The van der Waals surface area contributed by atoms with E-state index in [1.54, 1.807) is 0 Å². The summed E-state index contributed by atoms with van der Waals surface area (Å²) in [7, 11) is -2.41. The van der Waals surface area contributed by atoms with Crippen molar-refractivity contribution in [2.75, 3.05) is 19.0 Å². The predicted molar refractivity (Wildman–Crippen MR) is 107 cm³/mol. The molecule has 1 heterocycles. The Morgan fingerprint density at radius 1 is 1.25 bits per heavy atom. The first-order valence-corrected chi connectivity index (χ1v) is 10.8. The first-order valence-electron chi connectivity index (χ1n) is 9.30. The van der Waals surface area contributed by atoms with E-state index in [2.05, 4.69) is 10.0 Å². The van der Waals surface area contributed by atoms with Crippen LogP contribution in [-0.4, -0.2) is 40.1 Å². The Hall–Kier alpha value is -1.55. The van der Waals surface area contributed by atoms with Gasteiger partial charge >= 0.3 is 0 Å². The van der Waals surface area contributed by atoms with E-state index in [-0.39, 0.29) is 59.5 Å². The van der Waals surface area contributed by atoms with Crippen molar-refractivity contribution in [3.63, 3.8) is 0 Å². The van der Waals surface area contributed by atoms with Gasteiger partial charge in [-0.2, -0.15) is 0 Å². The SMILES string of the molecule is COc1cc2c(cc1S(=O)(=O)NC1C3CCCC1CC(N)C3)OCC(=O)N2.Cl. The summed E-state index contributed by atoms with van der Waals surface area (Å²) >= 11 is 0. The Labute approximate surface area is 171 Å². The van der Waals surface area contributed by atoms with Crippen molar-refractivity contribution in [2.45, 2.75) is 49.1 Å². The summed E-state index contributed by atoms with van der Waals surface area (Å²) in [6, 6.07) is 2.94. The van der Waals surface area contributed by atoms with Crippen molar-refractivity contribution in [3.05, 3.63) is 12.1 Å². The second kappa shape index (κ2) is 8.06. The number of sulfonamides is 1. The predicted octanol–water partition coefficient (Wildman–Crippen LogP) is 1.63. The molecule has 1 aromatic rings. The standard InChI is InChI=1S/C18H25N3O5S.ClH/c1-25-15-7-13-14(26-9-17(22)20-13)8-16(15)27(23,24)21-18-10-3-2-4-11(18)6-12(19)5-10;/h7-8,10-12,18,21H,2-6,9,19H2,1H3,(H,20,22);1H. The zero-order valence-electron chi connectivity index (χ0n) is 15.6. The molecule has 3 aliphatic rings. The van der Waals surface area contributed by atoms with Gasteiger partial charge in [-0.15, -0.1) is 12.4 Å². The lowest BCUT2D eigenvalue weighted by Gasteiger charge is -2.45. The van der Waals surface area contributed by atoms with Crippen LogP contribution in [0.5, 0.6) is 11.5 Å². The lowest BCUT2D eigenvalue weighted by molar-refractivity contribution is -0.118. The van der Waals surface area contributed by atoms with Crippen LogP contribution in [0.4, 0.5) is 5.69 Å². The quantitative estimate of drug-likeness (QED) is 0.666. The van der Waals surface area contributed by atoms with Crippen LogP contribution >= 0.6 is 12.4 Å². The van der Waals surface area contributed by atoms with Gasteiger partial charge in [0.25, 0.3) is 5.91 Å². The van der Waals surface area contributed by atoms with E-state index in [1.807, 2.05) is 0 Å². The number of benzene rings is 1.